The lowest BCUT2D eigenvalue weighted by Gasteiger charge is -2.27. The van der Waals surface area contributed by atoms with E-state index in [1.54, 1.807) is 0 Å². The first-order valence-electron chi connectivity index (χ1n) is 6.66. The molecule has 1 amide bonds. The summed E-state index contributed by atoms with van der Waals surface area (Å²) in [7, 11) is 0. The molecule has 0 radical (unpaired) electrons. The Morgan fingerprint density at radius 3 is 2.44 bits per heavy atom. The fraction of sp³-hybridized carbons (Fsp3) is 0.533. The number of amides is 1. The van der Waals surface area contributed by atoms with Crippen LogP contribution in [-0.4, -0.2) is 23.4 Å². The van der Waals surface area contributed by atoms with Gasteiger partial charge in [-0.2, -0.15) is 0 Å². The molecule has 1 saturated heterocycles. The zero-order chi connectivity index (χ0) is 13.3. The highest BCUT2D eigenvalue weighted by Crippen LogP contribution is 2.33. The molecular weight excluding hydrogens is 224 g/mol. The van der Waals surface area contributed by atoms with Crippen LogP contribution >= 0.6 is 0 Å². The number of carbonyl (C=O) groups is 1. The van der Waals surface area contributed by atoms with E-state index in [2.05, 4.69) is 39.0 Å². The molecule has 1 aliphatic heterocycles. The topological polar surface area (TPSA) is 46.3 Å². The van der Waals surface area contributed by atoms with Crippen molar-refractivity contribution in [3.05, 3.63) is 34.9 Å². The van der Waals surface area contributed by atoms with E-state index >= 15 is 0 Å². The number of nitrogens with two attached hydrogens (primary N) is 1. The standard InChI is InChI=1S/C15H22N2O/c1-4-5-17-14(18)9-13(16)15(17)12-7-10(2)6-11(3)8-12/h6-8,13,15H,4-5,9,16H2,1-3H3. The number of hydrogen-bond donors (Lipinski definition) is 1. The van der Waals surface area contributed by atoms with Gasteiger partial charge in [0.25, 0.3) is 0 Å². The van der Waals surface area contributed by atoms with E-state index in [1.165, 1.54) is 16.7 Å². The lowest BCUT2D eigenvalue weighted by molar-refractivity contribution is -0.129. The van der Waals surface area contributed by atoms with Crippen LogP contribution in [0, 0.1) is 13.8 Å². The van der Waals surface area contributed by atoms with Gasteiger partial charge in [-0.25, -0.2) is 0 Å². The number of benzene rings is 1. The quantitative estimate of drug-likeness (QED) is 0.889. The number of carbonyl (C=O) groups excluding carboxylic acids is 1. The molecule has 1 aromatic rings. The highest BCUT2D eigenvalue weighted by atomic mass is 16.2. The van der Waals surface area contributed by atoms with E-state index in [0.717, 1.165) is 13.0 Å². The molecule has 1 heterocycles. The van der Waals surface area contributed by atoms with Gasteiger partial charge in [0, 0.05) is 19.0 Å². The first-order chi connectivity index (χ1) is 8.52. The summed E-state index contributed by atoms with van der Waals surface area (Å²) in [5.41, 5.74) is 9.80. The monoisotopic (exact) mass is 246 g/mol. The van der Waals surface area contributed by atoms with Crippen LogP contribution in [0.15, 0.2) is 18.2 Å². The van der Waals surface area contributed by atoms with Gasteiger partial charge in [0.05, 0.1) is 6.04 Å². The number of nitrogens with zero attached hydrogens (tertiary/aromatic N) is 1. The Morgan fingerprint density at radius 1 is 1.28 bits per heavy atom. The molecule has 1 aliphatic rings. The minimum absolute atomic E-state index is 0.0519. The average molecular weight is 246 g/mol. The second-order valence-electron chi connectivity index (χ2n) is 5.32. The summed E-state index contributed by atoms with van der Waals surface area (Å²) in [6, 6.07) is 6.43. The van der Waals surface area contributed by atoms with Crippen LogP contribution in [0.4, 0.5) is 0 Å². The van der Waals surface area contributed by atoms with E-state index < -0.39 is 0 Å². The normalized spacial score (nSPS) is 23.8. The van der Waals surface area contributed by atoms with Crippen LogP contribution in [-0.2, 0) is 4.79 Å². The van der Waals surface area contributed by atoms with Crippen LogP contribution in [0.3, 0.4) is 0 Å². The van der Waals surface area contributed by atoms with Gasteiger partial charge < -0.3 is 10.6 Å². The number of aryl methyl sites for hydroxylation is 2. The fourth-order valence-electron chi connectivity index (χ4n) is 2.93. The summed E-state index contributed by atoms with van der Waals surface area (Å²) in [5.74, 6) is 0.188. The van der Waals surface area contributed by atoms with Crippen LogP contribution in [0.5, 0.6) is 0 Å². The first kappa shape index (κ1) is 13.1. The highest BCUT2D eigenvalue weighted by molar-refractivity contribution is 5.80. The maximum atomic E-state index is 12.0. The summed E-state index contributed by atoms with van der Waals surface area (Å²) in [6.45, 7) is 7.06. The van der Waals surface area contributed by atoms with Crippen LogP contribution in [0.25, 0.3) is 0 Å². The summed E-state index contributed by atoms with van der Waals surface area (Å²) >= 11 is 0. The maximum absolute atomic E-state index is 12.0. The highest BCUT2D eigenvalue weighted by Gasteiger charge is 2.37. The smallest absolute Gasteiger partial charge is 0.224 e. The van der Waals surface area contributed by atoms with Crippen molar-refractivity contribution in [1.29, 1.82) is 0 Å². The number of likely N-dealkylation sites (tertiary alicyclic amines) is 1. The molecule has 2 unspecified atom stereocenters. The Kier molecular flexibility index (Phi) is 3.71. The van der Waals surface area contributed by atoms with Crippen molar-refractivity contribution in [3.8, 4) is 0 Å². The van der Waals surface area contributed by atoms with Gasteiger partial charge in [0.2, 0.25) is 5.91 Å². The second-order valence-corrected chi connectivity index (χ2v) is 5.32. The van der Waals surface area contributed by atoms with E-state index in [1.807, 2.05) is 4.90 Å². The molecule has 3 heteroatoms. The maximum Gasteiger partial charge on any atom is 0.224 e. The van der Waals surface area contributed by atoms with E-state index in [0.29, 0.717) is 6.42 Å². The lowest BCUT2D eigenvalue weighted by atomic mass is 9.97. The molecule has 0 saturated carbocycles. The molecule has 1 aromatic carbocycles. The average Bonchev–Trinajstić information content (AvgIpc) is 2.53. The predicted octanol–water partition coefficient (Wildman–Crippen LogP) is 2.31. The zero-order valence-electron chi connectivity index (χ0n) is 11.4. The molecule has 98 valence electrons. The summed E-state index contributed by atoms with van der Waals surface area (Å²) in [6.07, 6.45) is 1.44. The molecule has 0 aromatic heterocycles. The van der Waals surface area contributed by atoms with Crippen molar-refractivity contribution in [2.75, 3.05) is 6.54 Å². The van der Waals surface area contributed by atoms with Crippen molar-refractivity contribution < 1.29 is 4.79 Å². The fourth-order valence-corrected chi connectivity index (χ4v) is 2.93. The van der Waals surface area contributed by atoms with Gasteiger partial charge in [-0.1, -0.05) is 36.2 Å². The SMILES string of the molecule is CCCN1C(=O)CC(N)C1c1cc(C)cc(C)c1. The van der Waals surface area contributed by atoms with Gasteiger partial charge in [0.15, 0.2) is 0 Å². The van der Waals surface area contributed by atoms with E-state index in [4.69, 9.17) is 5.73 Å². The van der Waals surface area contributed by atoms with Crippen molar-refractivity contribution in [1.82, 2.24) is 4.90 Å². The molecule has 0 bridgehead atoms. The van der Waals surface area contributed by atoms with Gasteiger partial charge in [0.1, 0.15) is 0 Å². The molecule has 0 aliphatic carbocycles. The Morgan fingerprint density at radius 2 is 1.89 bits per heavy atom. The zero-order valence-corrected chi connectivity index (χ0v) is 11.4. The summed E-state index contributed by atoms with van der Waals surface area (Å²) in [4.78, 5) is 13.9. The number of rotatable bonds is 3. The molecule has 0 spiro atoms. The summed E-state index contributed by atoms with van der Waals surface area (Å²) < 4.78 is 0. The van der Waals surface area contributed by atoms with E-state index in [9.17, 15) is 4.79 Å². The molecule has 2 N–H and O–H groups in total. The van der Waals surface area contributed by atoms with Gasteiger partial charge in [-0.3, -0.25) is 4.79 Å². The Balaban J connectivity index is 2.36. The Bertz CT molecular complexity index is 436. The van der Waals surface area contributed by atoms with Gasteiger partial charge >= 0.3 is 0 Å². The number of hydrogen-bond acceptors (Lipinski definition) is 2. The molecule has 1 fully saturated rings. The van der Waals surface area contributed by atoms with Crippen molar-refractivity contribution in [2.45, 2.75) is 45.7 Å². The van der Waals surface area contributed by atoms with Crippen molar-refractivity contribution in [2.24, 2.45) is 5.73 Å². The largest absolute Gasteiger partial charge is 0.334 e. The predicted molar refractivity (Wildman–Crippen MR) is 73.3 cm³/mol. The van der Waals surface area contributed by atoms with Crippen LogP contribution in [0.1, 0.15) is 42.5 Å². The third-order valence-electron chi connectivity index (χ3n) is 3.52. The van der Waals surface area contributed by atoms with Crippen molar-refractivity contribution >= 4 is 5.91 Å². The Labute approximate surface area is 109 Å². The minimum atomic E-state index is -0.0785. The second kappa shape index (κ2) is 5.11. The third kappa shape index (κ3) is 2.41. The van der Waals surface area contributed by atoms with Crippen LogP contribution in [0.2, 0.25) is 0 Å². The van der Waals surface area contributed by atoms with Gasteiger partial charge in [-0.05, 0) is 25.8 Å². The van der Waals surface area contributed by atoms with Crippen LogP contribution < -0.4 is 5.73 Å². The first-order valence-corrected chi connectivity index (χ1v) is 6.66. The molecular formula is C15H22N2O. The molecule has 2 rings (SSSR count). The third-order valence-corrected chi connectivity index (χ3v) is 3.52. The minimum Gasteiger partial charge on any atom is -0.334 e. The molecule has 18 heavy (non-hydrogen) atoms. The van der Waals surface area contributed by atoms with Gasteiger partial charge in [-0.15, -0.1) is 0 Å². The van der Waals surface area contributed by atoms with E-state index in [-0.39, 0.29) is 18.0 Å². The Hall–Kier alpha value is -1.35. The summed E-state index contributed by atoms with van der Waals surface area (Å²) in [5, 5.41) is 0. The molecule has 2 atom stereocenters. The van der Waals surface area contributed by atoms with Crippen molar-refractivity contribution in [3.63, 3.8) is 0 Å². The lowest BCUT2D eigenvalue weighted by Crippen LogP contribution is -2.33. The molecule has 3 nitrogen and oxygen atoms in total.